The third-order valence-electron chi connectivity index (χ3n) is 5.07. The molecule has 0 saturated heterocycles. The number of rotatable bonds is 4. The Bertz CT molecular complexity index is 946. The molecule has 0 aliphatic heterocycles. The molecule has 0 radical (unpaired) electrons. The van der Waals surface area contributed by atoms with Gasteiger partial charge in [0, 0.05) is 5.56 Å². The van der Waals surface area contributed by atoms with Gasteiger partial charge in [-0.25, -0.2) is 0 Å². The van der Waals surface area contributed by atoms with Crippen LogP contribution in [0.3, 0.4) is 0 Å². The fourth-order valence-corrected chi connectivity index (χ4v) is 3.89. The average Bonchev–Trinajstić information content (AvgIpc) is 3.00. The van der Waals surface area contributed by atoms with E-state index in [0.717, 1.165) is 48.1 Å². The summed E-state index contributed by atoms with van der Waals surface area (Å²) in [7, 11) is 0. The first-order valence-electron chi connectivity index (χ1n) is 8.99. The topological polar surface area (TPSA) is 55.7 Å². The van der Waals surface area contributed by atoms with E-state index in [1.54, 1.807) is 0 Å². The van der Waals surface area contributed by atoms with Crippen molar-refractivity contribution < 1.29 is 4.40 Å². The third-order valence-corrected chi connectivity index (χ3v) is 5.07. The summed E-state index contributed by atoms with van der Waals surface area (Å²) in [6.45, 7) is 3.18. The Labute approximate surface area is 142 Å². The van der Waals surface area contributed by atoms with Crippen LogP contribution in [-0.4, -0.2) is 11.5 Å². The van der Waals surface area contributed by atoms with E-state index in [9.17, 15) is 5.26 Å². The number of para-hydroxylation sites is 2. The molecular weight excluding hydrogens is 296 g/mol. The molecule has 0 saturated carbocycles. The molecule has 0 fully saturated rings. The summed E-state index contributed by atoms with van der Waals surface area (Å²) in [6.07, 6.45) is 6.76. The van der Waals surface area contributed by atoms with Crippen molar-refractivity contribution in [3.8, 4) is 6.07 Å². The van der Waals surface area contributed by atoms with Gasteiger partial charge in [-0.2, -0.15) is 9.66 Å². The van der Waals surface area contributed by atoms with Gasteiger partial charge in [0.25, 0.3) is 0 Å². The van der Waals surface area contributed by atoms with Crippen LogP contribution in [0.15, 0.2) is 24.3 Å². The SMILES string of the molecule is CCCCNc1c2c(c(C#N)c3[nH]c4ccccc4[n+]13)CCCC2. The van der Waals surface area contributed by atoms with Gasteiger partial charge in [0.1, 0.15) is 22.7 Å². The second kappa shape index (κ2) is 6.16. The molecule has 0 unspecified atom stereocenters. The van der Waals surface area contributed by atoms with Gasteiger partial charge in [-0.05, 0) is 49.8 Å². The number of unbranched alkanes of at least 4 members (excludes halogenated alkanes) is 1. The van der Waals surface area contributed by atoms with Crippen molar-refractivity contribution in [2.24, 2.45) is 0 Å². The monoisotopic (exact) mass is 319 g/mol. The second-order valence-electron chi connectivity index (χ2n) is 6.61. The van der Waals surface area contributed by atoms with E-state index >= 15 is 0 Å². The summed E-state index contributed by atoms with van der Waals surface area (Å²) < 4.78 is 2.23. The normalized spacial score (nSPS) is 13.8. The van der Waals surface area contributed by atoms with Crippen molar-refractivity contribution >= 4 is 22.5 Å². The molecule has 1 aromatic carbocycles. The first kappa shape index (κ1) is 15.0. The highest BCUT2D eigenvalue weighted by Crippen LogP contribution is 2.31. The zero-order valence-corrected chi connectivity index (χ0v) is 14.2. The highest BCUT2D eigenvalue weighted by molar-refractivity contribution is 5.78. The van der Waals surface area contributed by atoms with E-state index in [1.165, 1.54) is 36.2 Å². The van der Waals surface area contributed by atoms with Gasteiger partial charge in [-0.3, -0.25) is 4.98 Å². The van der Waals surface area contributed by atoms with Gasteiger partial charge >= 0.3 is 0 Å². The lowest BCUT2D eigenvalue weighted by Crippen LogP contribution is -2.31. The van der Waals surface area contributed by atoms with Crippen molar-refractivity contribution in [1.29, 1.82) is 5.26 Å². The van der Waals surface area contributed by atoms with E-state index in [0.29, 0.717) is 0 Å². The minimum absolute atomic E-state index is 0.821. The smallest absolute Gasteiger partial charge is 0.250 e. The van der Waals surface area contributed by atoms with Crippen LogP contribution < -0.4 is 9.72 Å². The Morgan fingerprint density at radius 1 is 1.21 bits per heavy atom. The Balaban J connectivity index is 2.06. The van der Waals surface area contributed by atoms with E-state index in [1.807, 2.05) is 6.07 Å². The van der Waals surface area contributed by atoms with Crippen molar-refractivity contribution in [3.63, 3.8) is 0 Å². The van der Waals surface area contributed by atoms with E-state index in [-0.39, 0.29) is 0 Å². The number of fused-ring (bicyclic) bond motifs is 4. The Morgan fingerprint density at radius 2 is 2.00 bits per heavy atom. The molecule has 1 aliphatic carbocycles. The summed E-state index contributed by atoms with van der Waals surface area (Å²) in [5.41, 5.74) is 6.55. The van der Waals surface area contributed by atoms with Crippen molar-refractivity contribution in [1.82, 2.24) is 4.98 Å². The number of nitrogens with one attached hydrogen (secondary N) is 2. The van der Waals surface area contributed by atoms with Crippen LogP contribution in [-0.2, 0) is 12.8 Å². The number of aromatic amines is 1. The molecule has 0 amide bonds. The Kier molecular flexibility index (Phi) is 3.86. The molecule has 2 aromatic heterocycles. The van der Waals surface area contributed by atoms with Crippen LogP contribution in [0, 0.1) is 11.3 Å². The molecule has 4 heteroatoms. The van der Waals surface area contributed by atoms with Gasteiger partial charge in [0.2, 0.25) is 11.5 Å². The first-order valence-corrected chi connectivity index (χ1v) is 8.99. The van der Waals surface area contributed by atoms with Crippen LogP contribution in [0.1, 0.15) is 49.3 Å². The maximum absolute atomic E-state index is 9.82. The summed E-state index contributed by atoms with van der Waals surface area (Å²) in [6, 6.07) is 10.8. The Morgan fingerprint density at radius 3 is 2.79 bits per heavy atom. The summed E-state index contributed by atoms with van der Waals surface area (Å²) in [5.74, 6) is 1.18. The first-order chi connectivity index (χ1) is 11.8. The van der Waals surface area contributed by atoms with E-state index < -0.39 is 0 Å². The third kappa shape index (κ3) is 2.24. The molecule has 122 valence electrons. The number of imidazole rings is 1. The van der Waals surface area contributed by atoms with Crippen molar-refractivity contribution in [2.75, 3.05) is 11.9 Å². The van der Waals surface area contributed by atoms with Gasteiger partial charge in [0.05, 0.1) is 6.54 Å². The second-order valence-corrected chi connectivity index (χ2v) is 6.61. The fourth-order valence-electron chi connectivity index (χ4n) is 3.89. The van der Waals surface area contributed by atoms with E-state index in [2.05, 4.69) is 45.9 Å². The molecule has 0 spiro atoms. The molecule has 2 heterocycles. The maximum atomic E-state index is 9.82. The number of hydrogen-bond donors (Lipinski definition) is 2. The molecule has 4 rings (SSSR count). The molecule has 1 aliphatic rings. The molecule has 2 N–H and O–H groups in total. The zero-order valence-electron chi connectivity index (χ0n) is 14.2. The number of nitrogens with zero attached hydrogens (tertiary/aromatic N) is 2. The lowest BCUT2D eigenvalue weighted by atomic mass is 9.89. The number of pyridine rings is 1. The van der Waals surface area contributed by atoms with Gasteiger partial charge in [-0.15, -0.1) is 0 Å². The largest absolute Gasteiger partial charge is 0.305 e. The molecule has 3 aromatic rings. The molecule has 4 nitrogen and oxygen atoms in total. The summed E-state index contributed by atoms with van der Waals surface area (Å²) in [5, 5.41) is 13.5. The molecule has 24 heavy (non-hydrogen) atoms. The summed E-state index contributed by atoms with van der Waals surface area (Å²) in [4.78, 5) is 3.48. The quantitative estimate of drug-likeness (QED) is 0.566. The number of anilines is 1. The maximum Gasteiger partial charge on any atom is 0.250 e. The minimum atomic E-state index is 0.821. The number of nitriles is 1. The highest BCUT2D eigenvalue weighted by Gasteiger charge is 2.28. The highest BCUT2D eigenvalue weighted by atomic mass is 15.1. The minimum Gasteiger partial charge on any atom is -0.305 e. The Hall–Kier alpha value is -2.54. The fraction of sp³-hybridized carbons (Fsp3) is 0.400. The van der Waals surface area contributed by atoms with Crippen LogP contribution in [0.25, 0.3) is 16.7 Å². The standard InChI is InChI=1S/C20H22N4/c1-2-3-12-22-19-15-9-5-4-8-14(15)16(13-21)20-23-17-10-6-7-11-18(17)24(19)20/h6-7,10-11H,2-5,8-9,12H2,1H3,(H,22,23)/p+1. The predicted molar refractivity (Wildman–Crippen MR) is 96.2 cm³/mol. The van der Waals surface area contributed by atoms with Gasteiger partial charge in [0.15, 0.2) is 0 Å². The number of H-pyrrole nitrogens is 1. The lowest BCUT2D eigenvalue weighted by Gasteiger charge is -2.19. The molecule has 0 atom stereocenters. The zero-order chi connectivity index (χ0) is 16.5. The van der Waals surface area contributed by atoms with Crippen molar-refractivity contribution in [3.05, 3.63) is 41.0 Å². The van der Waals surface area contributed by atoms with Crippen molar-refractivity contribution in [2.45, 2.75) is 45.4 Å². The van der Waals surface area contributed by atoms with E-state index in [4.69, 9.17) is 0 Å². The van der Waals surface area contributed by atoms with Crippen LogP contribution in [0.4, 0.5) is 5.82 Å². The lowest BCUT2D eigenvalue weighted by molar-refractivity contribution is -0.465. The van der Waals surface area contributed by atoms with Crippen LogP contribution >= 0.6 is 0 Å². The predicted octanol–water partition coefficient (Wildman–Crippen LogP) is 3.87. The number of hydrogen-bond acceptors (Lipinski definition) is 2. The van der Waals surface area contributed by atoms with Crippen LogP contribution in [0.2, 0.25) is 0 Å². The van der Waals surface area contributed by atoms with Crippen LogP contribution in [0.5, 0.6) is 0 Å². The molecule has 0 bridgehead atoms. The molecular formula is C20H23N4+. The van der Waals surface area contributed by atoms with Gasteiger partial charge < -0.3 is 5.32 Å². The van der Waals surface area contributed by atoms with Gasteiger partial charge in [-0.1, -0.05) is 25.5 Å². The number of aromatic nitrogens is 2. The number of benzene rings is 1. The average molecular weight is 319 g/mol. The summed E-state index contributed by atoms with van der Waals surface area (Å²) >= 11 is 0.